The van der Waals surface area contributed by atoms with Crippen molar-refractivity contribution in [1.29, 1.82) is 0 Å². The Hall–Kier alpha value is -2.32. The standard InChI is InChI=1S/C28H37N3O4S/c1-15(2)31-24(26(33)30-20-11-6-8-16(3)17(20)4)28-13-12-21(35-28)22(23(28)27(31)34)25(32)29-18-9-7-10-19(14-18)36-5/h7,9-10,12-17,20-24H,6,8,11H2,1-5H3,(H,29,32)(H,30,33)/t16?,17?,20?,21-,22?,23-,24?,28?/m1/s1. The Labute approximate surface area is 217 Å². The molecule has 1 aromatic carbocycles. The highest BCUT2D eigenvalue weighted by molar-refractivity contribution is 7.98. The quantitative estimate of drug-likeness (QED) is 0.448. The number of hydrogen-bond acceptors (Lipinski definition) is 5. The lowest BCUT2D eigenvalue weighted by Gasteiger charge is -2.38. The molecule has 2 bridgehead atoms. The van der Waals surface area contributed by atoms with Gasteiger partial charge in [-0.2, -0.15) is 0 Å². The van der Waals surface area contributed by atoms with Gasteiger partial charge in [-0.25, -0.2) is 0 Å². The van der Waals surface area contributed by atoms with Crippen LogP contribution in [0.25, 0.3) is 0 Å². The minimum Gasteiger partial charge on any atom is -0.359 e. The number of benzene rings is 1. The minimum atomic E-state index is -1.12. The SMILES string of the molecule is CSc1cccc(NC(=O)C2[C@H]3C=CC4(O3)C(C(=O)NC3CCCC(C)C3C)N(C(C)C)C(=O)[C@@H]24)c1. The van der Waals surface area contributed by atoms with Gasteiger partial charge in [0, 0.05) is 22.7 Å². The summed E-state index contributed by atoms with van der Waals surface area (Å²) in [6.07, 6.45) is 8.39. The van der Waals surface area contributed by atoms with E-state index in [0.29, 0.717) is 17.5 Å². The van der Waals surface area contributed by atoms with Crippen molar-refractivity contribution in [2.45, 2.75) is 81.7 Å². The summed E-state index contributed by atoms with van der Waals surface area (Å²) in [6.45, 7) is 8.26. The highest BCUT2D eigenvalue weighted by Crippen LogP contribution is 2.55. The number of rotatable bonds is 6. The van der Waals surface area contributed by atoms with Gasteiger partial charge in [-0.3, -0.25) is 14.4 Å². The Kier molecular flexibility index (Phi) is 6.70. The first-order valence-electron chi connectivity index (χ1n) is 13.1. The molecule has 4 aliphatic rings. The summed E-state index contributed by atoms with van der Waals surface area (Å²) in [5.74, 6) is -1.11. The van der Waals surface area contributed by atoms with Crippen LogP contribution in [-0.2, 0) is 19.1 Å². The van der Waals surface area contributed by atoms with E-state index >= 15 is 0 Å². The number of fused-ring (bicyclic) bond motifs is 1. The molecule has 3 fully saturated rings. The Morgan fingerprint density at radius 3 is 2.69 bits per heavy atom. The van der Waals surface area contributed by atoms with Crippen molar-refractivity contribution in [3.63, 3.8) is 0 Å². The summed E-state index contributed by atoms with van der Waals surface area (Å²) in [5, 5.41) is 6.28. The molecule has 3 amide bonds. The number of hydrogen-bond donors (Lipinski definition) is 2. The second-order valence-electron chi connectivity index (χ2n) is 11.1. The summed E-state index contributed by atoms with van der Waals surface area (Å²) >= 11 is 1.60. The number of carbonyl (C=O) groups is 3. The maximum Gasteiger partial charge on any atom is 0.246 e. The highest BCUT2D eigenvalue weighted by Gasteiger charge is 2.73. The van der Waals surface area contributed by atoms with Crippen LogP contribution in [0.15, 0.2) is 41.3 Å². The van der Waals surface area contributed by atoms with Crippen LogP contribution in [0, 0.1) is 23.7 Å². The fourth-order valence-electron chi connectivity index (χ4n) is 6.74. The average molecular weight is 512 g/mol. The maximum atomic E-state index is 13.9. The molecule has 1 aliphatic carbocycles. The van der Waals surface area contributed by atoms with Gasteiger partial charge in [0.2, 0.25) is 17.7 Å². The van der Waals surface area contributed by atoms with Crippen molar-refractivity contribution >= 4 is 35.2 Å². The highest BCUT2D eigenvalue weighted by atomic mass is 32.2. The van der Waals surface area contributed by atoms with Gasteiger partial charge in [0.25, 0.3) is 0 Å². The Balaban J connectivity index is 1.43. The van der Waals surface area contributed by atoms with E-state index < -0.39 is 29.6 Å². The summed E-state index contributed by atoms with van der Waals surface area (Å²) in [4.78, 5) is 43.9. The van der Waals surface area contributed by atoms with Gasteiger partial charge in [0.1, 0.15) is 11.6 Å². The van der Waals surface area contributed by atoms with Gasteiger partial charge in [-0.05, 0) is 56.6 Å². The molecule has 3 aliphatic heterocycles. The summed E-state index contributed by atoms with van der Waals surface area (Å²) in [5.41, 5.74) is -0.434. The number of thioether (sulfide) groups is 1. The molecule has 194 valence electrons. The van der Waals surface area contributed by atoms with E-state index in [9.17, 15) is 14.4 Å². The average Bonchev–Trinajstić information content (AvgIpc) is 3.49. The Bertz CT molecular complexity index is 1090. The number of likely N-dealkylation sites (tertiary alicyclic amines) is 1. The van der Waals surface area contributed by atoms with Gasteiger partial charge in [0.05, 0.1) is 17.9 Å². The molecule has 5 rings (SSSR count). The number of nitrogens with one attached hydrogen (secondary N) is 2. The third-order valence-corrected chi connectivity index (χ3v) is 9.52. The fourth-order valence-corrected chi connectivity index (χ4v) is 7.19. The van der Waals surface area contributed by atoms with E-state index in [1.165, 1.54) is 6.42 Å². The number of ether oxygens (including phenoxy) is 1. The van der Waals surface area contributed by atoms with Crippen molar-refractivity contribution < 1.29 is 19.1 Å². The van der Waals surface area contributed by atoms with Crippen LogP contribution in [0.3, 0.4) is 0 Å². The molecule has 1 spiro atoms. The molecule has 2 N–H and O–H groups in total. The first-order valence-corrected chi connectivity index (χ1v) is 14.3. The van der Waals surface area contributed by atoms with E-state index in [0.717, 1.165) is 17.7 Å². The smallest absolute Gasteiger partial charge is 0.246 e. The minimum absolute atomic E-state index is 0.0752. The molecule has 8 atom stereocenters. The van der Waals surface area contributed by atoms with Crippen LogP contribution in [-0.4, -0.2) is 58.7 Å². The normalized spacial score (nSPS) is 36.9. The molecule has 36 heavy (non-hydrogen) atoms. The first kappa shape index (κ1) is 25.3. The zero-order valence-corrected chi connectivity index (χ0v) is 22.5. The largest absolute Gasteiger partial charge is 0.359 e. The van der Waals surface area contributed by atoms with Gasteiger partial charge in [0.15, 0.2) is 0 Å². The van der Waals surface area contributed by atoms with E-state index in [4.69, 9.17) is 4.74 Å². The molecule has 1 aromatic rings. The predicted molar refractivity (Wildman–Crippen MR) is 140 cm³/mol. The van der Waals surface area contributed by atoms with Crippen molar-refractivity contribution in [3.8, 4) is 0 Å². The topological polar surface area (TPSA) is 87.7 Å². The molecule has 1 saturated carbocycles. The third-order valence-electron chi connectivity index (χ3n) is 8.79. The van der Waals surface area contributed by atoms with Crippen LogP contribution < -0.4 is 10.6 Å². The zero-order chi connectivity index (χ0) is 25.8. The lowest BCUT2D eigenvalue weighted by molar-refractivity contribution is -0.143. The summed E-state index contributed by atoms with van der Waals surface area (Å²) < 4.78 is 6.42. The van der Waals surface area contributed by atoms with Crippen molar-refractivity contribution in [1.82, 2.24) is 10.2 Å². The second kappa shape index (κ2) is 9.53. The predicted octanol–water partition coefficient (Wildman–Crippen LogP) is 3.85. The lowest BCUT2D eigenvalue weighted by Crippen LogP contribution is -2.58. The zero-order valence-electron chi connectivity index (χ0n) is 21.7. The lowest BCUT2D eigenvalue weighted by atomic mass is 9.73. The molecule has 3 heterocycles. The molecule has 8 heteroatoms. The van der Waals surface area contributed by atoms with Crippen LogP contribution in [0.2, 0.25) is 0 Å². The number of amides is 3. The van der Waals surface area contributed by atoms with Crippen LogP contribution in [0.4, 0.5) is 5.69 Å². The number of carbonyl (C=O) groups excluding carboxylic acids is 3. The van der Waals surface area contributed by atoms with Crippen LogP contribution >= 0.6 is 11.8 Å². The molecule has 7 nitrogen and oxygen atoms in total. The molecular weight excluding hydrogens is 474 g/mol. The van der Waals surface area contributed by atoms with E-state index in [1.54, 1.807) is 16.7 Å². The Morgan fingerprint density at radius 1 is 1.19 bits per heavy atom. The molecule has 2 saturated heterocycles. The molecule has 6 unspecified atom stereocenters. The van der Waals surface area contributed by atoms with Crippen LogP contribution in [0.5, 0.6) is 0 Å². The van der Waals surface area contributed by atoms with Crippen LogP contribution in [0.1, 0.15) is 47.0 Å². The molecule has 0 radical (unpaired) electrons. The fraction of sp³-hybridized carbons (Fsp3) is 0.607. The van der Waals surface area contributed by atoms with Gasteiger partial charge < -0.3 is 20.3 Å². The van der Waals surface area contributed by atoms with Gasteiger partial charge in [-0.15, -0.1) is 11.8 Å². The van der Waals surface area contributed by atoms with Crippen molar-refractivity contribution in [3.05, 3.63) is 36.4 Å². The Morgan fingerprint density at radius 2 is 1.97 bits per heavy atom. The van der Waals surface area contributed by atoms with Gasteiger partial charge >= 0.3 is 0 Å². The van der Waals surface area contributed by atoms with E-state index in [1.807, 2.05) is 56.5 Å². The first-order chi connectivity index (χ1) is 17.2. The third kappa shape index (κ3) is 3.97. The van der Waals surface area contributed by atoms with Crippen molar-refractivity contribution in [2.24, 2.45) is 23.7 Å². The summed E-state index contributed by atoms with van der Waals surface area (Å²) in [6, 6.07) is 6.72. The monoisotopic (exact) mass is 511 g/mol. The molecular formula is C28H37N3O4S. The van der Waals surface area contributed by atoms with Gasteiger partial charge in [-0.1, -0.05) is 44.9 Å². The number of anilines is 1. The molecule has 0 aromatic heterocycles. The maximum absolute atomic E-state index is 13.9. The van der Waals surface area contributed by atoms with Crippen molar-refractivity contribution in [2.75, 3.05) is 11.6 Å². The van der Waals surface area contributed by atoms with E-state index in [-0.39, 0.29) is 29.8 Å². The van der Waals surface area contributed by atoms with E-state index in [2.05, 4.69) is 24.5 Å². The number of nitrogens with zero attached hydrogens (tertiary/aromatic N) is 1. The summed E-state index contributed by atoms with van der Waals surface area (Å²) in [7, 11) is 0. The second-order valence-corrected chi connectivity index (χ2v) is 12.0.